The molecule has 1 aliphatic heterocycles. The fraction of sp³-hybridized carbons (Fsp3) is 0.562. The van der Waals surface area contributed by atoms with Gasteiger partial charge >= 0.3 is 0 Å². The summed E-state index contributed by atoms with van der Waals surface area (Å²) in [5.74, 6) is 0.830. The van der Waals surface area contributed by atoms with Crippen LogP contribution in [-0.2, 0) is 4.74 Å². The second-order valence-corrected chi connectivity index (χ2v) is 6.43. The molecule has 0 aromatic carbocycles. The van der Waals surface area contributed by atoms with Gasteiger partial charge in [0.1, 0.15) is 30.5 Å². The molecule has 0 saturated carbocycles. The molecule has 0 unspecified atom stereocenters. The minimum Gasteiger partial charge on any atom is -0.387 e. The molecule has 1 aliphatic rings. The summed E-state index contributed by atoms with van der Waals surface area (Å²) in [7, 11) is 1.91. The number of aromatic nitrogens is 4. The van der Waals surface area contributed by atoms with Gasteiger partial charge in [-0.3, -0.25) is 4.57 Å². The van der Waals surface area contributed by atoms with Crippen molar-refractivity contribution >= 4 is 17.0 Å². The minimum absolute atomic E-state index is 0.257. The van der Waals surface area contributed by atoms with Gasteiger partial charge in [0.25, 0.3) is 0 Å². The predicted molar refractivity (Wildman–Crippen MR) is 96.1 cm³/mol. The summed E-state index contributed by atoms with van der Waals surface area (Å²) in [5.41, 5.74) is 12.2. The van der Waals surface area contributed by atoms with Crippen molar-refractivity contribution < 1.29 is 14.9 Å². The minimum atomic E-state index is -1.11. The Labute approximate surface area is 151 Å². The summed E-state index contributed by atoms with van der Waals surface area (Å²) in [5, 5.41) is 21.0. The Morgan fingerprint density at radius 2 is 2.08 bits per heavy atom. The van der Waals surface area contributed by atoms with E-state index in [1.807, 2.05) is 24.1 Å². The number of nitrogens with zero attached hydrogens (tertiary/aromatic N) is 5. The Morgan fingerprint density at radius 1 is 1.31 bits per heavy atom. The lowest BCUT2D eigenvalue weighted by atomic mass is 10.1. The molecule has 26 heavy (non-hydrogen) atoms. The van der Waals surface area contributed by atoms with Gasteiger partial charge in [0.2, 0.25) is 0 Å². The average Bonchev–Trinajstić information content (AvgIpc) is 3.07. The number of rotatable bonds is 6. The second-order valence-electron chi connectivity index (χ2n) is 6.43. The number of likely N-dealkylation sites (N-methyl/N-ethyl adjacent to an activating group) is 1. The van der Waals surface area contributed by atoms with Gasteiger partial charge in [-0.05, 0) is 14.0 Å². The average molecular weight is 363 g/mol. The first kappa shape index (κ1) is 18.7. The molecule has 2 aromatic heterocycles. The summed E-state index contributed by atoms with van der Waals surface area (Å²) in [6, 6.07) is 0. The number of aryl methyl sites for hydroxylation is 1. The zero-order chi connectivity index (χ0) is 18.8. The Morgan fingerprint density at radius 3 is 2.81 bits per heavy atom. The molecular formula is C16H25N7O3. The van der Waals surface area contributed by atoms with E-state index in [1.54, 1.807) is 11.5 Å². The van der Waals surface area contributed by atoms with Crippen molar-refractivity contribution in [1.29, 1.82) is 0 Å². The Bertz CT molecular complexity index is 793. The third-order valence-electron chi connectivity index (χ3n) is 4.48. The van der Waals surface area contributed by atoms with Crippen LogP contribution >= 0.6 is 0 Å². The van der Waals surface area contributed by atoms with Gasteiger partial charge in [-0.2, -0.15) is 0 Å². The van der Waals surface area contributed by atoms with E-state index in [9.17, 15) is 10.2 Å². The van der Waals surface area contributed by atoms with E-state index in [0.29, 0.717) is 36.6 Å². The van der Waals surface area contributed by atoms with Crippen molar-refractivity contribution in [3.05, 3.63) is 24.3 Å². The van der Waals surface area contributed by atoms with Gasteiger partial charge in [0.05, 0.1) is 0 Å². The maximum atomic E-state index is 10.5. The van der Waals surface area contributed by atoms with E-state index in [2.05, 4.69) is 15.0 Å². The van der Waals surface area contributed by atoms with Gasteiger partial charge < -0.3 is 31.3 Å². The molecule has 6 N–H and O–H groups in total. The summed E-state index contributed by atoms with van der Waals surface area (Å²) >= 11 is 0. The smallest absolute Gasteiger partial charge is 0.167 e. The molecule has 0 aliphatic carbocycles. The van der Waals surface area contributed by atoms with Gasteiger partial charge in [0.15, 0.2) is 23.2 Å². The molecule has 0 amide bonds. The monoisotopic (exact) mass is 363 g/mol. The highest BCUT2D eigenvalue weighted by Crippen LogP contribution is 2.33. The quantitative estimate of drug-likeness (QED) is 0.463. The van der Waals surface area contributed by atoms with Crippen molar-refractivity contribution in [3.8, 4) is 0 Å². The molecule has 3 heterocycles. The van der Waals surface area contributed by atoms with Crippen molar-refractivity contribution in [2.75, 3.05) is 32.4 Å². The first-order valence-electron chi connectivity index (χ1n) is 8.44. The maximum absolute atomic E-state index is 10.5. The number of imidazole rings is 1. The Hall–Kier alpha value is -2.11. The molecule has 10 nitrogen and oxygen atoms in total. The zero-order valence-corrected chi connectivity index (χ0v) is 14.9. The number of aliphatic hydroxyl groups is 2. The van der Waals surface area contributed by atoms with Gasteiger partial charge in [-0.25, -0.2) is 15.0 Å². The third-order valence-corrected chi connectivity index (χ3v) is 4.48. The number of anilines is 1. The van der Waals surface area contributed by atoms with Gasteiger partial charge in [0, 0.05) is 19.6 Å². The van der Waals surface area contributed by atoms with Crippen LogP contribution in [0.5, 0.6) is 0 Å². The van der Waals surface area contributed by atoms with E-state index < -0.39 is 24.5 Å². The Kier molecular flexibility index (Phi) is 5.49. The van der Waals surface area contributed by atoms with Crippen LogP contribution in [0.15, 0.2) is 18.5 Å². The van der Waals surface area contributed by atoms with E-state index >= 15 is 0 Å². The molecule has 0 spiro atoms. The lowest BCUT2D eigenvalue weighted by Gasteiger charge is -2.21. The summed E-state index contributed by atoms with van der Waals surface area (Å²) in [6.07, 6.45) is 1.65. The van der Waals surface area contributed by atoms with Crippen LogP contribution in [0.1, 0.15) is 12.1 Å². The first-order chi connectivity index (χ1) is 12.4. The molecule has 142 valence electrons. The van der Waals surface area contributed by atoms with Crippen LogP contribution in [0.4, 0.5) is 5.82 Å². The number of hydrogen-bond donors (Lipinski definition) is 4. The highest BCUT2D eigenvalue weighted by molar-refractivity contribution is 5.81. The highest BCUT2D eigenvalue weighted by Gasteiger charge is 2.45. The lowest BCUT2D eigenvalue weighted by molar-refractivity contribution is -0.0424. The summed E-state index contributed by atoms with van der Waals surface area (Å²) in [4.78, 5) is 14.5. The maximum Gasteiger partial charge on any atom is 0.167 e. The number of nitrogen functional groups attached to an aromatic ring is 1. The SMILES string of the molecule is Cc1nc2c(N)ncnc2n1[C@@H]1O[C@H](CN(C)C/C=C/CN)[C@@H](O)[C@H]1O. The largest absolute Gasteiger partial charge is 0.387 e. The topological polar surface area (TPSA) is 149 Å². The Balaban J connectivity index is 1.81. The van der Waals surface area contributed by atoms with Crippen LogP contribution in [-0.4, -0.2) is 79.6 Å². The summed E-state index contributed by atoms with van der Waals surface area (Å²) in [6.45, 7) is 3.36. The number of aliphatic hydroxyl groups excluding tert-OH is 2. The zero-order valence-electron chi connectivity index (χ0n) is 14.9. The van der Waals surface area contributed by atoms with Crippen LogP contribution in [0, 0.1) is 6.92 Å². The van der Waals surface area contributed by atoms with Crippen molar-refractivity contribution in [2.45, 2.75) is 31.5 Å². The molecule has 1 fully saturated rings. The second kappa shape index (κ2) is 7.64. The standard InChI is InChI=1S/C16H25N7O3/c1-9-21-11-14(18)19-8-20-15(11)23(9)16-13(25)12(24)10(26-16)7-22(2)6-4-3-5-17/h3-4,8,10,12-13,16,24-25H,5-7,17H2,1-2H3,(H2,18,19,20)/b4-3+/t10-,12-,13-,16-/m1/s1. The third kappa shape index (κ3) is 3.41. The van der Waals surface area contributed by atoms with E-state index in [4.69, 9.17) is 16.2 Å². The van der Waals surface area contributed by atoms with Crippen molar-refractivity contribution in [3.63, 3.8) is 0 Å². The van der Waals surface area contributed by atoms with E-state index in [0.717, 1.165) is 0 Å². The molecule has 2 aromatic rings. The normalized spacial score (nSPS) is 26.5. The summed E-state index contributed by atoms with van der Waals surface area (Å²) < 4.78 is 7.62. The molecule has 0 bridgehead atoms. The molecule has 1 saturated heterocycles. The predicted octanol–water partition coefficient (Wildman–Crippen LogP) is -1.22. The molecule has 4 atom stereocenters. The van der Waals surface area contributed by atoms with Crippen molar-refractivity contribution in [2.24, 2.45) is 5.73 Å². The van der Waals surface area contributed by atoms with Gasteiger partial charge in [-0.15, -0.1) is 0 Å². The van der Waals surface area contributed by atoms with Crippen molar-refractivity contribution in [1.82, 2.24) is 24.4 Å². The van der Waals surface area contributed by atoms with E-state index in [1.165, 1.54) is 6.33 Å². The highest BCUT2D eigenvalue weighted by atomic mass is 16.6. The number of ether oxygens (including phenoxy) is 1. The van der Waals surface area contributed by atoms with Crippen LogP contribution in [0.2, 0.25) is 0 Å². The first-order valence-corrected chi connectivity index (χ1v) is 8.44. The molecule has 0 radical (unpaired) electrons. The number of fused-ring (bicyclic) bond motifs is 1. The molecule has 10 heteroatoms. The van der Waals surface area contributed by atoms with E-state index in [-0.39, 0.29) is 5.82 Å². The lowest BCUT2D eigenvalue weighted by Crippen LogP contribution is -2.38. The fourth-order valence-electron chi connectivity index (χ4n) is 3.17. The van der Waals surface area contributed by atoms with Crippen LogP contribution in [0.25, 0.3) is 11.2 Å². The fourth-order valence-corrected chi connectivity index (χ4v) is 3.17. The van der Waals surface area contributed by atoms with Gasteiger partial charge in [-0.1, -0.05) is 12.2 Å². The molecular weight excluding hydrogens is 338 g/mol. The molecule has 3 rings (SSSR count). The van der Waals surface area contributed by atoms with Crippen LogP contribution in [0.3, 0.4) is 0 Å². The number of hydrogen-bond acceptors (Lipinski definition) is 9. The van der Waals surface area contributed by atoms with Crippen LogP contribution < -0.4 is 11.5 Å². The number of nitrogens with two attached hydrogens (primary N) is 2.